The fourth-order valence-corrected chi connectivity index (χ4v) is 4.76. The molecule has 0 unspecified atom stereocenters. The number of hydrogen-bond acceptors (Lipinski definition) is 5. The summed E-state index contributed by atoms with van der Waals surface area (Å²) in [7, 11) is 0.163. The van der Waals surface area contributed by atoms with E-state index in [0.717, 1.165) is 11.1 Å². The minimum atomic E-state index is -3.19. The molecule has 8 heteroatoms. The SMILES string of the molecule is COc1cccc([C@H](C)C(=O)N2CCS(=O)(=O)C[C@H]2c2cnn(C)c2)c1. The number of benzene rings is 1. The Morgan fingerprint density at radius 2 is 2.15 bits per heavy atom. The molecule has 0 saturated carbocycles. The van der Waals surface area contributed by atoms with Crippen LogP contribution in [0.2, 0.25) is 0 Å². The van der Waals surface area contributed by atoms with Gasteiger partial charge in [0.1, 0.15) is 5.75 Å². The zero-order chi connectivity index (χ0) is 18.9. The molecular weight excluding hydrogens is 354 g/mol. The van der Waals surface area contributed by atoms with Gasteiger partial charge >= 0.3 is 0 Å². The maximum atomic E-state index is 13.2. The molecule has 2 heterocycles. The number of sulfone groups is 1. The lowest BCUT2D eigenvalue weighted by atomic mass is 9.98. The van der Waals surface area contributed by atoms with Crippen LogP contribution in [0.3, 0.4) is 0 Å². The first-order valence-corrected chi connectivity index (χ1v) is 10.3. The average molecular weight is 377 g/mol. The lowest BCUT2D eigenvalue weighted by Gasteiger charge is -2.36. The maximum Gasteiger partial charge on any atom is 0.230 e. The molecule has 1 aromatic carbocycles. The summed E-state index contributed by atoms with van der Waals surface area (Å²) >= 11 is 0. The van der Waals surface area contributed by atoms with E-state index >= 15 is 0 Å². The first kappa shape index (κ1) is 18.4. The molecule has 2 atom stereocenters. The van der Waals surface area contributed by atoms with Gasteiger partial charge in [-0.3, -0.25) is 9.48 Å². The summed E-state index contributed by atoms with van der Waals surface area (Å²) in [5, 5.41) is 4.13. The van der Waals surface area contributed by atoms with E-state index in [1.54, 1.807) is 36.1 Å². The van der Waals surface area contributed by atoms with Crippen molar-refractivity contribution in [3.05, 3.63) is 47.8 Å². The van der Waals surface area contributed by atoms with Gasteiger partial charge in [0.25, 0.3) is 0 Å². The summed E-state index contributed by atoms with van der Waals surface area (Å²) in [5.41, 5.74) is 1.58. The minimum absolute atomic E-state index is 0.0136. The fourth-order valence-electron chi connectivity index (χ4n) is 3.26. The molecule has 0 spiro atoms. The van der Waals surface area contributed by atoms with Gasteiger partial charge < -0.3 is 9.64 Å². The Morgan fingerprint density at radius 1 is 1.38 bits per heavy atom. The second-order valence-electron chi connectivity index (χ2n) is 6.61. The Balaban J connectivity index is 1.90. The lowest BCUT2D eigenvalue weighted by molar-refractivity contribution is -0.134. The van der Waals surface area contributed by atoms with E-state index in [9.17, 15) is 13.2 Å². The molecule has 1 fully saturated rings. The van der Waals surface area contributed by atoms with E-state index in [-0.39, 0.29) is 24.0 Å². The maximum absolute atomic E-state index is 13.2. The summed E-state index contributed by atoms with van der Waals surface area (Å²) < 4.78 is 31.2. The van der Waals surface area contributed by atoms with Crippen molar-refractivity contribution in [1.29, 1.82) is 0 Å². The first-order valence-electron chi connectivity index (χ1n) is 8.44. The van der Waals surface area contributed by atoms with Crippen LogP contribution in [0.15, 0.2) is 36.7 Å². The van der Waals surface area contributed by atoms with E-state index in [0.29, 0.717) is 5.75 Å². The van der Waals surface area contributed by atoms with Gasteiger partial charge in [0.2, 0.25) is 5.91 Å². The summed E-state index contributed by atoms with van der Waals surface area (Å²) in [6.45, 7) is 2.02. The monoisotopic (exact) mass is 377 g/mol. The highest BCUT2D eigenvalue weighted by Crippen LogP contribution is 2.31. The summed E-state index contributed by atoms with van der Waals surface area (Å²) in [5.74, 6) is 0.106. The Hall–Kier alpha value is -2.35. The van der Waals surface area contributed by atoms with Crippen LogP contribution in [0, 0.1) is 0 Å². The molecule has 2 aromatic rings. The normalized spacial score (nSPS) is 20.6. The molecule has 26 heavy (non-hydrogen) atoms. The van der Waals surface area contributed by atoms with Crippen molar-refractivity contribution < 1.29 is 17.9 Å². The molecule has 7 nitrogen and oxygen atoms in total. The number of nitrogens with zero attached hydrogens (tertiary/aromatic N) is 3. The zero-order valence-corrected chi connectivity index (χ0v) is 15.9. The number of ether oxygens (including phenoxy) is 1. The number of methoxy groups -OCH3 is 1. The molecule has 3 rings (SSSR count). The molecule has 0 N–H and O–H groups in total. The van der Waals surface area contributed by atoms with E-state index in [4.69, 9.17) is 4.74 Å². The molecule has 1 saturated heterocycles. The molecule has 1 aliphatic rings. The zero-order valence-electron chi connectivity index (χ0n) is 15.1. The number of aromatic nitrogens is 2. The van der Waals surface area contributed by atoms with E-state index in [2.05, 4.69) is 5.10 Å². The third-order valence-corrected chi connectivity index (χ3v) is 6.42. The summed E-state index contributed by atoms with van der Waals surface area (Å²) in [6, 6.07) is 6.87. The van der Waals surface area contributed by atoms with Gasteiger partial charge in [0, 0.05) is 25.4 Å². The van der Waals surface area contributed by atoms with E-state index in [1.807, 2.05) is 31.2 Å². The second-order valence-corrected chi connectivity index (χ2v) is 8.84. The molecular formula is C18H23N3O4S. The fraction of sp³-hybridized carbons (Fsp3) is 0.444. The number of hydrogen-bond donors (Lipinski definition) is 0. The molecule has 1 amide bonds. The van der Waals surface area contributed by atoms with Crippen LogP contribution >= 0.6 is 0 Å². The van der Waals surface area contributed by atoms with Gasteiger partial charge in [-0.2, -0.15) is 5.10 Å². The van der Waals surface area contributed by atoms with Gasteiger partial charge in [-0.1, -0.05) is 12.1 Å². The summed E-state index contributed by atoms with van der Waals surface area (Å²) in [6.07, 6.45) is 3.39. The highest BCUT2D eigenvalue weighted by Gasteiger charge is 2.37. The third kappa shape index (κ3) is 3.75. The molecule has 0 radical (unpaired) electrons. The van der Waals surface area contributed by atoms with Crippen LogP contribution < -0.4 is 4.74 Å². The minimum Gasteiger partial charge on any atom is -0.497 e. The third-order valence-electron chi connectivity index (χ3n) is 4.79. The smallest absolute Gasteiger partial charge is 0.230 e. The molecule has 0 aliphatic carbocycles. The molecule has 0 bridgehead atoms. The van der Waals surface area contributed by atoms with Crippen LogP contribution in [0.1, 0.15) is 30.0 Å². The first-order chi connectivity index (χ1) is 12.3. The van der Waals surface area contributed by atoms with Crippen LogP contribution in [0.25, 0.3) is 0 Å². The van der Waals surface area contributed by atoms with Gasteiger partial charge in [-0.15, -0.1) is 0 Å². The number of carbonyl (C=O) groups excluding carboxylic acids is 1. The average Bonchev–Trinajstić information content (AvgIpc) is 3.06. The van der Waals surface area contributed by atoms with E-state index < -0.39 is 21.8 Å². The van der Waals surface area contributed by atoms with E-state index in [1.165, 1.54) is 0 Å². The Bertz CT molecular complexity index is 907. The number of amides is 1. The standard InChI is InChI=1S/C18H23N3O4S/c1-13(14-5-4-6-16(9-14)25-3)18(22)21-7-8-26(23,24)12-17(21)15-10-19-20(2)11-15/h4-6,9-11,13,17H,7-8,12H2,1-3H3/t13-,17-/m0/s1. The Labute approximate surface area is 153 Å². The predicted molar refractivity (Wildman–Crippen MR) is 97.7 cm³/mol. The van der Waals surface area contributed by atoms with Gasteiger partial charge in [-0.25, -0.2) is 8.42 Å². The molecule has 1 aromatic heterocycles. The van der Waals surface area contributed by atoms with Crippen molar-refractivity contribution in [3.63, 3.8) is 0 Å². The van der Waals surface area contributed by atoms with Crippen molar-refractivity contribution >= 4 is 15.7 Å². The van der Waals surface area contributed by atoms with Crippen molar-refractivity contribution in [2.75, 3.05) is 25.2 Å². The molecule has 140 valence electrons. The predicted octanol–water partition coefficient (Wildman–Crippen LogP) is 1.53. The summed E-state index contributed by atoms with van der Waals surface area (Å²) in [4.78, 5) is 14.8. The topological polar surface area (TPSA) is 81.5 Å². The second kappa shape index (κ2) is 7.11. The van der Waals surface area contributed by atoms with Crippen LogP contribution in [0.5, 0.6) is 5.75 Å². The van der Waals surface area contributed by atoms with Crippen molar-refractivity contribution in [2.24, 2.45) is 7.05 Å². The Morgan fingerprint density at radius 3 is 2.81 bits per heavy atom. The number of rotatable bonds is 4. The highest BCUT2D eigenvalue weighted by atomic mass is 32.2. The van der Waals surface area contributed by atoms with Crippen molar-refractivity contribution in [2.45, 2.75) is 18.9 Å². The lowest BCUT2D eigenvalue weighted by Crippen LogP contribution is -2.47. The molecule has 1 aliphatic heterocycles. The Kier molecular flexibility index (Phi) is 5.04. The highest BCUT2D eigenvalue weighted by molar-refractivity contribution is 7.91. The van der Waals surface area contributed by atoms with Crippen LogP contribution in [-0.4, -0.2) is 54.2 Å². The quantitative estimate of drug-likeness (QED) is 0.807. The number of carbonyl (C=O) groups is 1. The largest absolute Gasteiger partial charge is 0.497 e. The van der Waals surface area contributed by atoms with Gasteiger partial charge in [-0.05, 0) is 24.6 Å². The van der Waals surface area contributed by atoms with Gasteiger partial charge in [0.15, 0.2) is 9.84 Å². The van der Waals surface area contributed by atoms with Crippen molar-refractivity contribution in [1.82, 2.24) is 14.7 Å². The van der Waals surface area contributed by atoms with Crippen LogP contribution in [0.4, 0.5) is 0 Å². The van der Waals surface area contributed by atoms with Gasteiger partial charge in [0.05, 0.1) is 36.8 Å². The van der Waals surface area contributed by atoms with Crippen molar-refractivity contribution in [3.8, 4) is 5.75 Å². The number of aryl methyl sites for hydroxylation is 1. The van der Waals surface area contributed by atoms with Crippen LogP contribution in [-0.2, 0) is 21.7 Å².